The first-order chi connectivity index (χ1) is 16.2. The summed E-state index contributed by atoms with van der Waals surface area (Å²) in [6, 6.07) is 45.1. The molecule has 0 spiro atoms. The summed E-state index contributed by atoms with van der Waals surface area (Å²) in [6.07, 6.45) is 0. The second kappa shape index (κ2) is 10.7. The maximum atomic E-state index is 8.63. The van der Waals surface area contributed by atoms with Crippen LogP contribution in [0, 0.1) is 0 Å². The van der Waals surface area contributed by atoms with Gasteiger partial charge in [-0.3, -0.25) is 0 Å². The number of aromatic nitrogens is 1. The Labute approximate surface area is 193 Å². The number of phenols is 2. The molecule has 3 heteroatoms. The van der Waals surface area contributed by atoms with Crippen LogP contribution < -0.4 is 0 Å². The molecule has 0 fully saturated rings. The highest BCUT2D eigenvalue weighted by molar-refractivity contribution is 6.09. The van der Waals surface area contributed by atoms with Gasteiger partial charge in [0, 0.05) is 16.5 Å². The van der Waals surface area contributed by atoms with Crippen molar-refractivity contribution in [2.24, 2.45) is 0 Å². The highest BCUT2D eigenvalue weighted by Gasteiger charge is 2.10. The number of aromatic hydroxyl groups is 2. The molecular weight excluding hydrogens is 406 g/mol. The van der Waals surface area contributed by atoms with Crippen molar-refractivity contribution in [3.05, 3.63) is 140 Å². The van der Waals surface area contributed by atoms with E-state index < -0.39 is 0 Å². The Morgan fingerprint density at radius 3 is 1.06 bits per heavy atom. The molecule has 0 saturated carbocycles. The van der Waals surface area contributed by atoms with Crippen molar-refractivity contribution in [1.82, 2.24) is 4.57 Å². The smallest absolute Gasteiger partial charge is 0.115 e. The molecule has 2 N–H and O–H groups in total. The van der Waals surface area contributed by atoms with Crippen molar-refractivity contribution < 1.29 is 10.2 Å². The minimum Gasteiger partial charge on any atom is -0.508 e. The molecule has 0 saturated heterocycles. The number of para-hydroxylation sites is 5. The second-order valence-corrected chi connectivity index (χ2v) is 7.38. The van der Waals surface area contributed by atoms with Gasteiger partial charge in [0.15, 0.2) is 0 Å². The van der Waals surface area contributed by atoms with E-state index in [0.717, 1.165) is 0 Å². The van der Waals surface area contributed by atoms with Gasteiger partial charge in [0.2, 0.25) is 0 Å². The first kappa shape index (κ1) is 21.7. The van der Waals surface area contributed by atoms with E-state index in [4.69, 9.17) is 10.2 Å². The fourth-order valence-electron chi connectivity index (χ4n) is 3.63. The van der Waals surface area contributed by atoms with Gasteiger partial charge in [-0.05, 0) is 48.5 Å². The summed E-state index contributed by atoms with van der Waals surface area (Å²) in [6.45, 7) is 0. The van der Waals surface area contributed by atoms with Gasteiger partial charge in [0.05, 0.1) is 11.0 Å². The third kappa shape index (κ3) is 5.41. The largest absolute Gasteiger partial charge is 0.508 e. The number of rotatable bonds is 1. The van der Waals surface area contributed by atoms with E-state index in [9.17, 15) is 0 Å². The lowest BCUT2D eigenvalue weighted by Gasteiger charge is -2.06. The molecule has 0 radical (unpaired) electrons. The lowest BCUT2D eigenvalue weighted by Crippen LogP contribution is -1.92. The third-order valence-corrected chi connectivity index (χ3v) is 5.11. The van der Waals surface area contributed by atoms with Gasteiger partial charge in [0.25, 0.3) is 0 Å². The van der Waals surface area contributed by atoms with Gasteiger partial charge in [-0.2, -0.15) is 0 Å². The van der Waals surface area contributed by atoms with E-state index >= 15 is 0 Å². The summed E-state index contributed by atoms with van der Waals surface area (Å²) in [5, 5.41) is 19.9. The van der Waals surface area contributed by atoms with Crippen LogP contribution in [0.2, 0.25) is 0 Å². The molecule has 0 amide bonds. The molecule has 1 heterocycles. The van der Waals surface area contributed by atoms with Crippen LogP contribution in [-0.4, -0.2) is 14.8 Å². The molecule has 0 bridgehead atoms. The number of nitrogens with zero attached hydrogens (tertiary/aromatic N) is 1. The molecule has 0 aliphatic rings. The van der Waals surface area contributed by atoms with Crippen molar-refractivity contribution in [2.45, 2.75) is 0 Å². The summed E-state index contributed by atoms with van der Waals surface area (Å²) in [4.78, 5) is 0. The molecule has 33 heavy (non-hydrogen) atoms. The van der Waals surface area contributed by atoms with Gasteiger partial charge in [-0.15, -0.1) is 0 Å². The fraction of sp³-hybridized carbons (Fsp3) is 0. The Kier molecular flexibility index (Phi) is 7.04. The molecule has 5 aromatic carbocycles. The molecule has 0 unspecified atom stereocenters. The average Bonchev–Trinajstić information content (AvgIpc) is 3.21. The highest BCUT2D eigenvalue weighted by Crippen LogP contribution is 2.31. The van der Waals surface area contributed by atoms with E-state index in [-0.39, 0.29) is 0 Å². The first-order valence-electron chi connectivity index (χ1n) is 10.8. The van der Waals surface area contributed by atoms with Gasteiger partial charge in [0.1, 0.15) is 11.5 Å². The Balaban J connectivity index is 0.000000152. The average molecular weight is 432 g/mol. The molecule has 3 nitrogen and oxygen atoms in total. The van der Waals surface area contributed by atoms with E-state index in [0.29, 0.717) is 11.5 Å². The van der Waals surface area contributed by atoms with Crippen LogP contribution in [-0.2, 0) is 0 Å². The first-order valence-corrected chi connectivity index (χ1v) is 10.8. The predicted octanol–water partition coefficient (Wildman–Crippen LogP) is 7.57. The third-order valence-electron chi connectivity index (χ3n) is 5.11. The van der Waals surface area contributed by atoms with Crippen LogP contribution >= 0.6 is 0 Å². The van der Waals surface area contributed by atoms with Crippen LogP contribution in [0.4, 0.5) is 0 Å². The van der Waals surface area contributed by atoms with E-state index in [1.54, 1.807) is 48.5 Å². The lowest BCUT2D eigenvalue weighted by atomic mass is 10.2. The van der Waals surface area contributed by atoms with Crippen molar-refractivity contribution in [1.29, 1.82) is 0 Å². The summed E-state index contributed by atoms with van der Waals surface area (Å²) >= 11 is 0. The van der Waals surface area contributed by atoms with Crippen LogP contribution in [0.5, 0.6) is 11.5 Å². The van der Waals surface area contributed by atoms with Crippen LogP contribution in [0.1, 0.15) is 0 Å². The zero-order valence-corrected chi connectivity index (χ0v) is 18.1. The van der Waals surface area contributed by atoms with E-state index in [1.165, 1.54) is 27.5 Å². The van der Waals surface area contributed by atoms with Gasteiger partial charge in [-0.1, -0.05) is 91.0 Å². The summed E-state index contributed by atoms with van der Waals surface area (Å²) < 4.78 is 2.32. The summed E-state index contributed by atoms with van der Waals surface area (Å²) in [5.74, 6) is 0.644. The van der Waals surface area contributed by atoms with Crippen molar-refractivity contribution in [3.63, 3.8) is 0 Å². The van der Waals surface area contributed by atoms with Gasteiger partial charge in [-0.25, -0.2) is 0 Å². The molecule has 6 aromatic rings. The number of hydrogen-bond donors (Lipinski definition) is 2. The summed E-state index contributed by atoms with van der Waals surface area (Å²) in [7, 11) is 0. The van der Waals surface area contributed by atoms with Gasteiger partial charge >= 0.3 is 0 Å². The van der Waals surface area contributed by atoms with Crippen molar-refractivity contribution >= 4 is 21.8 Å². The second-order valence-electron chi connectivity index (χ2n) is 7.38. The lowest BCUT2D eigenvalue weighted by molar-refractivity contribution is 0.475. The van der Waals surface area contributed by atoms with Crippen molar-refractivity contribution in [3.8, 4) is 17.2 Å². The molecular formula is C30H25NO2. The normalized spacial score (nSPS) is 10.1. The Morgan fingerprint density at radius 2 is 0.697 bits per heavy atom. The Bertz CT molecular complexity index is 1320. The monoisotopic (exact) mass is 431 g/mol. The Hall–Kier alpha value is -4.50. The standard InChI is InChI=1S/C18H13N.2C6H6O/c1-2-8-14(9-3-1)19-17-12-6-4-10-15(17)16-11-5-7-13-18(16)19;2*7-6-4-2-1-3-5-6/h1-13H;2*1-5,7H. The SMILES string of the molecule is Oc1ccccc1.Oc1ccccc1.c1ccc(-n2c3ccccc3c3ccccc32)cc1. The van der Waals surface area contributed by atoms with Crippen LogP contribution in [0.15, 0.2) is 140 Å². The zero-order valence-electron chi connectivity index (χ0n) is 18.1. The minimum atomic E-state index is 0.322. The summed E-state index contributed by atoms with van der Waals surface area (Å²) in [5.41, 5.74) is 3.73. The topological polar surface area (TPSA) is 45.4 Å². The number of benzene rings is 5. The number of hydrogen-bond acceptors (Lipinski definition) is 2. The van der Waals surface area contributed by atoms with E-state index in [1.807, 2.05) is 12.1 Å². The van der Waals surface area contributed by atoms with Crippen LogP contribution in [0.25, 0.3) is 27.5 Å². The predicted molar refractivity (Wildman–Crippen MR) is 137 cm³/mol. The molecule has 162 valence electrons. The van der Waals surface area contributed by atoms with Crippen molar-refractivity contribution in [2.75, 3.05) is 0 Å². The number of fused-ring (bicyclic) bond motifs is 3. The molecule has 1 aromatic heterocycles. The van der Waals surface area contributed by atoms with Gasteiger partial charge < -0.3 is 14.8 Å². The maximum absolute atomic E-state index is 8.63. The molecule has 0 aliphatic carbocycles. The molecule has 0 aliphatic heterocycles. The highest BCUT2D eigenvalue weighted by atomic mass is 16.3. The maximum Gasteiger partial charge on any atom is 0.115 e. The molecule has 0 atom stereocenters. The number of phenolic OH excluding ortho intramolecular Hbond substituents is 2. The van der Waals surface area contributed by atoms with Crippen LogP contribution in [0.3, 0.4) is 0 Å². The van der Waals surface area contributed by atoms with E-state index in [2.05, 4.69) is 83.4 Å². The minimum absolute atomic E-state index is 0.322. The fourth-order valence-corrected chi connectivity index (χ4v) is 3.63. The Morgan fingerprint density at radius 1 is 0.364 bits per heavy atom. The molecule has 6 rings (SSSR count). The quantitative estimate of drug-likeness (QED) is 0.282. The zero-order chi connectivity index (χ0) is 22.9.